The van der Waals surface area contributed by atoms with Crippen molar-refractivity contribution in [2.24, 2.45) is 5.92 Å². The molecule has 1 heterocycles. The van der Waals surface area contributed by atoms with E-state index in [1.165, 1.54) is 11.1 Å². The van der Waals surface area contributed by atoms with E-state index < -0.39 is 0 Å². The average Bonchev–Trinajstić information content (AvgIpc) is 2.70. The molecule has 1 aliphatic heterocycles. The van der Waals surface area contributed by atoms with Gasteiger partial charge in [0.25, 0.3) is 0 Å². The number of hydrogen-bond acceptors (Lipinski definition) is 4. The van der Waals surface area contributed by atoms with Gasteiger partial charge in [0.1, 0.15) is 11.5 Å². The van der Waals surface area contributed by atoms with E-state index in [9.17, 15) is 4.79 Å². The molecule has 1 N–H and O–H groups in total. The maximum atomic E-state index is 12.9. The summed E-state index contributed by atoms with van der Waals surface area (Å²) in [5.74, 6) is 1.34. The predicted octanol–water partition coefficient (Wildman–Crippen LogP) is 3.86. The number of amides is 1. The van der Waals surface area contributed by atoms with Gasteiger partial charge in [0.2, 0.25) is 5.91 Å². The summed E-state index contributed by atoms with van der Waals surface area (Å²) >= 11 is 0. The van der Waals surface area contributed by atoms with Gasteiger partial charge in [0, 0.05) is 19.2 Å². The van der Waals surface area contributed by atoms with Crippen LogP contribution < -0.4 is 14.8 Å². The number of aryl methyl sites for hydroxylation is 1. The first-order valence-electron chi connectivity index (χ1n) is 9.40. The minimum absolute atomic E-state index is 0.0290. The Morgan fingerprint density at radius 2 is 2.00 bits per heavy atom. The fourth-order valence-electron chi connectivity index (χ4n) is 3.59. The van der Waals surface area contributed by atoms with Crippen LogP contribution >= 0.6 is 0 Å². The highest BCUT2D eigenvalue weighted by atomic mass is 16.5. The van der Waals surface area contributed by atoms with E-state index in [2.05, 4.69) is 41.4 Å². The third kappa shape index (κ3) is 4.80. The summed E-state index contributed by atoms with van der Waals surface area (Å²) in [6.45, 7) is 4.82. The van der Waals surface area contributed by atoms with Crippen LogP contribution in [-0.4, -0.2) is 38.1 Å². The highest BCUT2D eigenvalue weighted by molar-refractivity contribution is 5.94. The zero-order chi connectivity index (χ0) is 19.2. The van der Waals surface area contributed by atoms with Crippen LogP contribution in [0.2, 0.25) is 0 Å². The summed E-state index contributed by atoms with van der Waals surface area (Å²) < 4.78 is 10.6. The highest BCUT2D eigenvalue weighted by Crippen LogP contribution is 2.30. The molecular formula is C22H28N2O3. The van der Waals surface area contributed by atoms with Crippen LogP contribution in [0.25, 0.3) is 0 Å². The Labute approximate surface area is 161 Å². The largest absolute Gasteiger partial charge is 0.497 e. The number of methoxy groups -OCH3 is 2. The molecule has 1 aliphatic rings. The normalized spacial score (nSPS) is 17.4. The Morgan fingerprint density at radius 1 is 1.19 bits per heavy atom. The monoisotopic (exact) mass is 368 g/mol. The van der Waals surface area contributed by atoms with Crippen LogP contribution in [0.15, 0.2) is 42.5 Å². The first-order valence-corrected chi connectivity index (χ1v) is 9.40. The van der Waals surface area contributed by atoms with Gasteiger partial charge in [-0.05, 0) is 49.6 Å². The molecule has 1 amide bonds. The van der Waals surface area contributed by atoms with Crippen LogP contribution in [0, 0.1) is 12.8 Å². The van der Waals surface area contributed by atoms with E-state index in [-0.39, 0.29) is 11.8 Å². The standard InChI is InChI=1S/C22H28N2O3/c1-16-7-4-5-8-17(16)14-24-12-6-9-18(15-24)22(25)23-20-13-19(26-2)10-11-21(20)27-3/h4-5,7-8,10-11,13,18H,6,9,12,14-15H2,1-3H3,(H,23,25). The summed E-state index contributed by atoms with van der Waals surface area (Å²) in [6, 6.07) is 13.9. The third-order valence-electron chi connectivity index (χ3n) is 5.20. The molecule has 144 valence electrons. The molecule has 2 aromatic carbocycles. The predicted molar refractivity (Wildman–Crippen MR) is 107 cm³/mol. The lowest BCUT2D eigenvalue weighted by molar-refractivity contribution is -0.121. The van der Waals surface area contributed by atoms with Gasteiger partial charge in [0.05, 0.1) is 25.8 Å². The number of carbonyl (C=O) groups excluding carboxylic acids is 1. The number of anilines is 1. The highest BCUT2D eigenvalue weighted by Gasteiger charge is 2.26. The van der Waals surface area contributed by atoms with Crippen molar-refractivity contribution >= 4 is 11.6 Å². The quantitative estimate of drug-likeness (QED) is 0.841. The second-order valence-corrected chi connectivity index (χ2v) is 7.06. The molecule has 1 saturated heterocycles. The zero-order valence-electron chi connectivity index (χ0n) is 16.3. The molecule has 0 radical (unpaired) electrons. The SMILES string of the molecule is COc1ccc(OC)c(NC(=O)C2CCCN(Cc3ccccc3C)C2)c1. The Balaban J connectivity index is 1.66. The molecule has 0 spiro atoms. The molecule has 0 aliphatic carbocycles. The first-order chi connectivity index (χ1) is 13.1. The van der Waals surface area contributed by atoms with E-state index in [4.69, 9.17) is 9.47 Å². The van der Waals surface area contributed by atoms with Crippen LogP contribution in [0.5, 0.6) is 11.5 Å². The molecule has 3 rings (SSSR count). The second-order valence-electron chi connectivity index (χ2n) is 7.06. The van der Waals surface area contributed by atoms with Crippen LogP contribution in [-0.2, 0) is 11.3 Å². The fraction of sp³-hybridized carbons (Fsp3) is 0.409. The van der Waals surface area contributed by atoms with Crippen molar-refractivity contribution in [1.29, 1.82) is 0 Å². The third-order valence-corrected chi connectivity index (χ3v) is 5.20. The molecule has 2 aromatic rings. The van der Waals surface area contributed by atoms with Crippen molar-refractivity contribution in [2.45, 2.75) is 26.3 Å². The molecule has 1 atom stereocenters. The summed E-state index contributed by atoms with van der Waals surface area (Å²) in [7, 11) is 3.21. The van der Waals surface area contributed by atoms with Gasteiger partial charge in [-0.15, -0.1) is 0 Å². The van der Waals surface area contributed by atoms with Gasteiger partial charge in [-0.1, -0.05) is 24.3 Å². The lowest BCUT2D eigenvalue weighted by atomic mass is 9.96. The number of ether oxygens (including phenoxy) is 2. The number of piperidine rings is 1. The molecular weight excluding hydrogens is 340 g/mol. The van der Waals surface area contributed by atoms with Crippen molar-refractivity contribution in [2.75, 3.05) is 32.6 Å². The summed E-state index contributed by atoms with van der Waals surface area (Å²) in [5.41, 5.74) is 3.27. The molecule has 0 saturated carbocycles. The van der Waals surface area contributed by atoms with Gasteiger partial charge < -0.3 is 14.8 Å². The van der Waals surface area contributed by atoms with Gasteiger partial charge in [-0.25, -0.2) is 0 Å². The molecule has 0 aromatic heterocycles. The van der Waals surface area contributed by atoms with Crippen molar-refractivity contribution in [1.82, 2.24) is 4.90 Å². The van der Waals surface area contributed by atoms with Crippen molar-refractivity contribution in [3.63, 3.8) is 0 Å². The van der Waals surface area contributed by atoms with Crippen molar-refractivity contribution in [3.8, 4) is 11.5 Å². The minimum Gasteiger partial charge on any atom is -0.497 e. The number of carbonyl (C=O) groups is 1. The van der Waals surface area contributed by atoms with Crippen LogP contribution in [0.4, 0.5) is 5.69 Å². The van der Waals surface area contributed by atoms with E-state index in [1.807, 2.05) is 6.07 Å². The van der Waals surface area contributed by atoms with Crippen molar-refractivity contribution in [3.05, 3.63) is 53.6 Å². The Morgan fingerprint density at radius 3 is 2.74 bits per heavy atom. The molecule has 27 heavy (non-hydrogen) atoms. The first kappa shape index (κ1) is 19.2. The maximum absolute atomic E-state index is 12.9. The number of hydrogen-bond donors (Lipinski definition) is 1. The minimum atomic E-state index is -0.0290. The van der Waals surface area contributed by atoms with Gasteiger partial charge in [0.15, 0.2) is 0 Å². The lowest BCUT2D eigenvalue weighted by Gasteiger charge is -2.32. The maximum Gasteiger partial charge on any atom is 0.228 e. The van der Waals surface area contributed by atoms with E-state index in [0.29, 0.717) is 17.2 Å². The number of nitrogens with one attached hydrogen (secondary N) is 1. The second kappa shape index (κ2) is 8.91. The molecule has 0 bridgehead atoms. The van der Waals surface area contributed by atoms with E-state index in [0.717, 1.165) is 32.5 Å². The Hall–Kier alpha value is -2.53. The fourth-order valence-corrected chi connectivity index (χ4v) is 3.59. The van der Waals surface area contributed by atoms with Gasteiger partial charge >= 0.3 is 0 Å². The van der Waals surface area contributed by atoms with Crippen LogP contribution in [0.1, 0.15) is 24.0 Å². The number of benzene rings is 2. The number of likely N-dealkylation sites (tertiary alicyclic amines) is 1. The molecule has 1 unspecified atom stereocenters. The van der Waals surface area contributed by atoms with Gasteiger partial charge in [-0.2, -0.15) is 0 Å². The van der Waals surface area contributed by atoms with Crippen molar-refractivity contribution < 1.29 is 14.3 Å². The van der Waals surface area contributed by atoms with E-state index in [1.54, 1.807) is 26.4 Å². The van der Waals surface area contributed by atoms with Gasteiger partial charge in [-0.3, -0.25) is 9.69 Å². The number of nitrogens with zero attached hydrogens (tertiary/aromatic N) is 1. The zero-order valence-corrected chi connectivity index (χ0v) is 16.3. The van der Waals surface area contributed by atoms with E-state index >= 15 is 0 Å². The average molecular weight is 368 g/mol. The van der Waals surface area contributed by atoms with Crippen LogP contribution in [0.3, 0.4) is 0 Å². The topological polar surface area (TPSA) is 50.8 Å². The Kier molecular flexibility index (Phi) is 6.35. The lowest BCUT2D eigenvalue weighted by Crippen LogP contribution is -2.40. The summed E-state index contributed by atoms with van der Waals surface area (Å²) in [5, 5.41) is 3.03. The smallest absolute Gasteiger partial charge is 0.228 e. The molecule has 5 nitrogen and oxygen atoms in total. The summed E-state index contributed by atoms with van der Waals surface area (Å²) in [6.07, 6.45) is 1.93. The Bertz CT molecular complexity index is 791. The number of rotatable bonds is 6. The summed E-state index contributed by atoms with van der Waals surface area (Å²) in [4.78, 5) is 15.2. The molecule has 1 fully saturated rings. The molecule has 5 heteroatoms.